The Morgan fingerprint density at radius 3 is 2.37 bits per heavy atom. The zero-order chi connectivity index (χ0) is 14.3. The van der Waals surface area contributed by atoms with Gasteiger partial charge in [-0.3, -0.25) is 0 Å². The van der Waals surface area contributed by atoms with Crippen molar-refractivity contribution in [2.75, 3.05) is 17.6 Å². The molecule has 1 aromatic rings. The molecule has 0 aliphatic rings. The van der Waals surface area contributed by atoms with Gasteiger partial charge >= 0.3 is 0 Å². The largest absolute Gasteiger partial charge is 0.214 e. The summed E-state index contributed by atoms with van der Waals surface area (Å²) in [7, 11) is -3.18. The molecule has 19 heavy (non-hydrogen) atoms. The maximum atomic E-state index is 12.4. The molecule has 0 saturated carbocycles. The third kappa shape index (κ3) is 5.63. The summed E-state index contributed by atoms with van der Waals surface area (Å²) in [5.41, 5.74) is 1.07. The van der Waals surface area contributed by atoms with E-state index in [0.717, 1.165) is 17.3 Å². The van der Waals surface area contributed by atoms with E-state index in [9.17, 15) is 8.42 Å². The van der Waals surface area contributed by atoms with Gasteiger partial charge in [-0.05, 0) is 32.3 Å². The fourth-order valence-corrected chi connectivity index (χ4v) is 3.97. The Bertz CT molecular complexity index is 460. The lowest BCUT2D eigenvalue weighted by Crippen LogP contribution is -2.39. The number of benzene rings is 1. The molecule has 0 amide bonds. The molecule has 108 valence electrons. The average Bonchev–Trinajstić information content (AvgIpc) is 2.37. The van der Waals surface area contributed by atoms with Crippen molar-refractivity contribution in [2.45, 2.75) is 32.7 Å². The number of aryl methyl sites for hydroxylation is 1. The molecular formula is C14H22BrNO2S. The van der Waals surface area contributed by atoms with Gasteiger partial charge in [-0.25, -0.2) is 8.42 Å². The van der Waals surface area contributed by atoms with Gasteiger partial charge in [0.15, 0.2) is 0 Å². The van der Waals surface area contributed by atoms with Crippen molar-refractivity contribution in [3.05, 3.63) is 35.9 Å². The maximum absolute atomic E-state index is 12.4. The van der Waals surface area contributed by atoms with E-state index in [2.05, 4.69) is 15.9 Å². The van der Waals surface area contributed by atoms with E-state index in [1.807, 2.05) is 44.2 Å². The summed E-state index contributed by atoms with van der Waals surface area (Å²) in [5, 5.41) is 0.824. The standard InChI is InChI=1S/C14H22BrNO2S/c1-13(2)16(11-6-10-15)19(17,18)12-9-14-7-4-3-5-8-14/h3-5,7-8,13H,6,9-12H2,1-2H3. The Morgan fingerprint density at radius 2 is 1.84 bits per heavy atom. The predicted octanol–water partition coefficient (Wildman–Crippen LogP) is 3.05. The second-order valence-corrected chi connectivity index (χ2v) is 7.63. The molecule has 0 fully saturated rings. The second kappa shape index (κ2) is 8.02. The maximum Gasteiger partial charge on any atom is 0.214 e. The molecule has 0 N–H and O–H groups in total. The number of hydrogen-bond acceptors (Lipinski definition) is 2. The third-order valence-electron chi connectivity index (χ3n) is 2.94. The molecule has 0 atom stereocenters. The Hall–Kier alpha value is -0.390. The van der Waals surface area contributed by atoms with Gasteiger partial charge in [0.05, 0.1) is 5.75 Å². The molecule has 0 unspecified atom stereocenters. The minimum absolute atomic E-state index is 0.0137. The molecule has 5 heteroatoms. The third-order valence-corrected chi connectivity index (χ3v) is 5.54. The van der Waals surface area contributed by atoms with E-state index >= 15 is 0 Å². The first kappa shape index (κ1) is 16.7. The van der Waals surface area contributed by atoms with Crippen LogP contribution in [-0.4, -0.2) is 36.4 Å². The van der Waals surface area contributed by atoms with Crippen LogP contribution in [0, 0.1) is 0 Å². The molecule has 0 aliphatic heterocycles. The normalized spacial score (nSPS) is 12.3. The van der Waals surface area contributed by atoms with E-state index in [1.165, 1.54) is 0 Å². The van der Waals surface area contributed by atoms with E-state index < -0.39 is 10.0 Å². The Kier molecular flexibility index (Phi) is 7.04. The van der Waals surface area contributed by atoms with Crippen LogP contribution in [0.15, 0.2) is 30.3 Å². The SMILES string of the molecule is CC(C)N(CCCBr)S(=O)(=O)CCc1ccccc1. The first-order valence-electron chi connectivity index (χ1n) is 6.57. The minimum atomic E-state index is -3.18. The van der Waals surface area contributed by atoms with Crippen LogP contribution in [0.25, 0.3) is 0 Å². The van der Waals surface area contributed by atoms with E-state index in [-0.39, 0.29) is 11.8 Å². The Balaban J connectivity index is 2.67. The molecule has 0 aliphatic carbocycles. The van der Waals surface area contributed by atoms with Gasteiger partial charge in [-0.2, -0.15) is 4.31 Å². The number of hydrogen-bond donors (Lipinski definition) is 0. The molecule has 0 spiro atoms. The van der Waals surface area contributed by atoms with Crippen LogP contribution in [0.4, 0.5) is 0 Å². The van der Waals surface area contributed by atoms with Crippen molar-refractivity contribution in [3.8, 4) is 0 Å². The van der Waals surface area contributed by atoms with Crippen molar-refractivity contribution < 1.29 is 8.42 Å². The smallest absolute Gasteiger partial charge is 0.212 e. The van der Waals surface area contributed by atoms with Gasteiger partial charge in [0.2, 0.25) is 10.0 Å². The summed E-state index contributed by atoms with van der Waals surface area (Å²) < 4.78 is 26.3. The van der Waals surface area contributed by atoms with Crippen LogP contribution < -0.4 is 0 Å². The van der Waals surface area contributed by atoms with Crippen LogP contribution in [0.2, 0.25) is 0 Å². The molecule has 0 heterocycles. The summed E-state index contributed by atoms with van der Waals surface area (Å²) in [6.07, 6.45) is 1.41. The lowest BCUT2D eigenvalue weighted by atomic mass is 10.2. The monoisotopic (exact) mass is 347 g/mol. The fraction of sp³-hybridized carbons (Fsp3) is 0.571. The van der Waals surface area contributed by atoms with Gasteiger partial charge in [0.1, 0.15) is 0 Å². The highest BCUT2D eigenvalue weighted by Crippen LogP contribution is 2.11. The quantitative estimate of drug-likeness (QED) is 0.677. The first-order valence-corrected chi connectivity index (χ1v) is 9.30. The molecule has 1 rings (SSSR count). The van der Waals surface area contributed by atoms with E-state index in [1.54, 1.807) is 4.31 Å². The zero-order valence-corrected chi connectivity index (χ0v) is 14.0. The van der Waals surface area contributed by atoms with Crippen molar-refractivity contribution in [2.24, 2.45) is 0 Å². The van der Waals surface area contributed by atoms with Crippen LogP contribution in [0.1, 0.15) is 25.8 Å². The van der Waals surface area contributed by atoms with Crippen LogP contribution in [0.5, 0.6) is 0 Å². The first-order chi connectivity index (χ1) is 8.97. The number of halogens is 1. The summed E-state index contributed by atoms with van der Waals surface area (Å²) >= 11 is 3.35. The zero-order valence-electron chi connectivity index (χ0n) is 11.5. The summed E-state index contributed by atoms with van der Waals surface area (Å²) in [6.45, 7) is 4.43. The number of sulfonamides is 1. The number of alkyl halides is 1. The summed E-state index contributed by atoms with van der Waals surface area (Å²) in [4.78, 5) is 0. The van der Waals surface area contributed by atoms with Gasteiger partial charge in [0, 0.05) is 17.9 Å². The highest BCUT2D eigenvalue weighted by molar-refractivity contribution is 9.09. The molecule has 0 bridgehead atoms. The second-order valence-electron chi connectivity index (χ2n) is 4.80. The van der Waals surface area contributed by atoms with Crippen LogP contribution >= 0.6 is 15.9 Å². The van der Waals surface area contributed by atoms with Gasteiger partial charge < -0.3 is 0 Å². The minimum Gasteiger partial charge on any atom is -0.212 e. The van der Waals surface area contributed by atoms with Gasteiger partial charge in [0.25, 0.3) is 0 Å². The Morgan fingerprint density at radius 1 is 1.21 bits per heavy atom. The average molecular weight is 348 g/mol. The van der Waals surface area contributed by atoms with Gasteiger partial charge in [-0.1, -0.05) is 46.3 Å². The molecule has 0 radical (unpaired) electrons. The Labute approximate surface area is 125 Å². The number of rotatable bonds is 8. The van der Waals surface area contributed by atoms with Crippen LogP contribution in [-0.2, 0) is 16.4 Å². The molecule has 0 saturated heterocycles. The van der Waals surface area contributed by atoms with E-state index in [4.69, 9.17) is 0 Å². The highest BCUT2D eigenvalue weighted by Gasteiger charge is 2.23. The van der Waals surface area contributed by atoms with E-state index in [0.29, 0.717) is 13.0 Å². The topological polar surface area (TPSA) is 37.4 Å². The molecule has 1 aromatic carbocycles. The predicted molar refractivity (Wildman–Crippen MR) is 84.2 cm³/mol. The van der Waals surface area contributed by atoms with Crippen molar-refractivity contribution in [1.82, 2.24) is 4.31 Å². The highest BCUT2D eigenvalue weighted by atomic mass is 79.9. The summed E-state index contributed by atoms with van der Waals surface area (Å²) in [6, 6.07) is 9.76. The van der Waals surface area contributed by atoms with Crippen molar-refractivity contribution >= 4 is 26.0 Å². The lowest BCUT2D eigenvalue weighted by molar-refractivity contribution is 0.355. The van der Waals surface area contributed by atoms with Crippen molar-refractivity contribution in [1.29, 1.82) is 0 Å². The molecule has 3 nitrogen and oxygen atoms in total. The number of nitrogens with zero attached hydrogens (tertiary/aromatic N) is 1. The lowest BCUT2D eigenvalue weighted by Gasteiger charge is -2.25. The van der Waals surface area contributed by atoms with Crippen LogP contribution in [0.3, 0.4) is 0 Å². The fourth-order valence-electron chi connectivity index (χ4n) is 1.94. The van der Waals surface area contributed by atoms with Crippen molar-refractivity contribution in [3.63, 3.8) is 0 Å². The molecular weight excluding hydrogens is 326 g/mol. The summed E-state index contributed by atoms with van der Waals surface area (Å²) in [5.74, 6) is 0.178. The molecule has 0 aromatic heterocycles. The van der Waals surface area contributed by atoms with Gasteiger partial charge in [-0.15, -0.1) is 0 Å².